The molecule has 2 aromatic rings. The number of unbranched alkanes of at least 4 members (excludes halogenated alkanes) is 1. The van der Waals surface area contributed by atoms with Gasteiger partial charge in [0, 0.05) is 23.3 Å². The quantitative estimate of drug-likeness (QED) is 0.487. The first-order valence-corrected chi connectivity index (χ1v) is 9.15. The summed E-state index contributed by atoms with van der Waals surface area (Å²) in [6, 6.07) is 8.15. The molecule has 0 aromatic heterocycles. The summed E-state index contributed by atoms with van der Waals surface area (Å²) < 4.78 is 23.7. The Morgan fingerprint density at radius 2 is 1.96 bits per heavy atom. The van der Waals surface area contributed by atoms with E-state index in [0.29, 0.717) is 17.9 Å². The molecule has 0 unspecified atom stereocenters. The largest absolute Gasteiger partial charge is 0.496 e. The molecule has 0 aliphatic rings. The van der Waals surface area contributed by atoms with Crippen molar-refractivity contribution in [3.63, 3.8) is 0 Å². The second kappa shape index (κ2) is 10.5. The van der Waals surface area contributed by atoms with Gasteiger partial charge >= 0.3 is 12.0 Å². The van der Waals surface area contributed by atoms with Crippen LogP contribution in [0.2, 0.25) is 5.02 Å². The van der Waals surface area contributed by atoms with Gasteiger partial charge in [-0.25, -0.2) is 14.0 Å². The minimum absolute atomic E-state index is 0.0995. The third-order valence-electron chi connectivity index (χ3n) is 3.79. The summed E-state index contributed by atoms with van der Waals surface area (Å²) in [5, 5.41) is 5.48. The zero-order valence-electron chi connectivity index (χ0n) is 15.7. The summed E-state index contributed by atoms with van der Waals surface area (Å²) >= 11 is 5.79. The van der Waals surface area contributed by atoms with E-state index in [2.05, 4.69) is 10.6 Å². The van der Waals surface area contributed by atoms with Gasteiger partial charge in [-0.2, -0.15) is 0 Å². The SMILES string of the molecule is CCCCOC(=O)c1ccc(NC(=O)NCc2cc(F)cc(Cl)c2)cc1OC. The highest BCUT2D eigenvalue weighted by atomic mass is 35.5. The highest BCUT2D eigenvalue weighted by Crippen LogP contribution is 2.24. The molecule has 6 nitrogen and oxygen atoms in total. The number of rotatable bonds is 8. The van der Waals surface area contributed by atoms with Gasteiger partial charge in [0.25, 0.3) is 0 Å². The van der Waals surface area contributed by atoms with Gasteiger partial charge in [0.1, 0.15) is 17.1 Å². The van der Waals surface area contributed by atoms with Crippen LogP contribution in [0, 0.1) is 5.82 Å². The van der Waals surface area contributed by atoms with Gasteiger partial charge in [0.2, 0.25) is 0 Å². The zero-order valence-corrected chi connectivity index (χ0v) is 16.4. The van der Waals surface area contributed by atoms with Crippen molar-refractivity contribution in [1.82, 2.24) is 5.32 Å². The van der Waals surface area contributed by atoms with Gasteiger partial charge in [0.05, 0.1) is 13.7 Å². The molecular formula is C20H22ClFN2O4. The Morgan fingerprint density at radius 3 is 2.64 bits per heavy atom. The average molecular weight is 409 g/mol. The maximum atomic E-state index is 13.3. The average Bonchev–Trinajstić information content (AvgIpc) is 2.65. The Labute approximate surface area is 168 Å². The van der Waals surface area contributed by atoms with E-state index in [1.807, 2.05) is 6.92 Å². The number of hydrogen-bond acceptors (Lipinski definition) is 4. The van der Waals surface area contributed by atoms with Crippen molar-refractivity contribution in [1.29, 1.82) is 0 Å². The molecule has 8 heteroatoms. The number of esters is 1. The second-order valence-corrected chi connectivity index (χ2v) is 6.43. The number of urea groups is 1. The molecule has 150 valence electrons. The summed E-state index contributed by atoms with van der Waals surface area (Å²) in [6.07, 6.45) is 1.70. The van der Waals surface area contributed by atoms with Crippen molar-refractivity contribution in [3.8, 4) is 5.75 Å². The Bertz CT molecular complexity index is 825. The van der Waals surface area contributed by atoms with Crippen LogP contribution < -0.4 is 15.4 Å². The van der Waals surface area contributed by atoms with E-state index in [1.54, 1.807) is 12.1 Å². The van der Waals surface area contributed by atoms with Crippen molar-refractivity contribution >= 4 is 29.3 Å². The highest BCUT2D eigenvalue weighted by Gasteiger charge is 2.15. The lowest BCUT2D eigenvalue weighted by molar-refractivity contribution is 0.0496. The summed E-state index contributed by atoms with van der Waals surface area (Å²) in [7, 11) is 1.43. The number of carbonyl (C=O) groups is 2. The van der Waals surface area contributed by atoms with Crippen LogP contribution >= 0.6 is 11.6 Å². The fraction of sp³-hybridized carbons (Fsp3) is 0.300. The Balaban J connectivity index is 1.97. The van der Waals surface area contributed by atoms with E-state index in [4.69, 9.17) is 21.1 Å². The van der Waals surface area contributed by atoms with E-state index >= 15 is 0 Å². The van der Waals surface area contributed by atoms with E-state index in [9.17, 15) is 14.0 Å². The lowest BCUT2D eigenvalue weighted by atomic mass is 10.2. The highest BCUT2D eigenvalue weighted by molar-refractivity contribution is 6.30. The van der Waals surface area contributed by atoms with Crippen molar-refractivity contribution in [3.05, 3.63) is 58.4 Å². The van der Waals surface area contributed by atoms with Crippen LogP contribution in [-0.2, 0) is 11.3 Å². The maximum absolute atomic E-state index is 13.3. The molecule has 0 spiro atoms. The molecular weight excluding hydrogens is 387 g/mol. The number of carbonyl (C=O) groups excluding carboxylic acids is 2. The van der Waals surface area contributed by atoms with Gasteiger partial charge < -0.3 is 20.1 Å². The first-order valence-electron chi connectivity index (χ1n) is 8.78. The van der Waals surface area contributed by atoms with Crippen LogP contribution in [0.15, 0.2) is 36.4 Å². The van der Waals surface area contributed by atoms with Crippen LogP contribution in [0.5, 0.6) is 5.75 Å². The molecule has 2 rings (SSSR count). The summed E-state index contributed by atoms with van der Waals surface area (Å²) in [6.45, 7) is 2.44. The molecule has 2 amide bonds. The molecule has 0 aliphatic heterocycles. The summed E-state index contributed by atoms with van der Waals surface area (Å²) in [5.41, 5.74) is 1.23. The van der Waals surface area contributed by atoms with Crippen LogP contribution in [0.4, 0.5) is 14.9 Å². The molecule has 0 bridgehead atoms. The molecule has 0 atom stereocenters. The third-order valence-corrected chi connectivity index (χ3v) is 4.00. The van der Waals surface area contributed by atoms with Gasteiger partial charge in [-0.3, -0.25) is 0 Å². The van der Waals surface area contributed by atoms with E-state index in [-0.39, 0.29) is 22.9 Å². The lowest BCUT2D eigenvalue weighted by Gasteiger charge is -2.12. The van der Waals surface area contributed by atoms with Crippen molar-refractivity contribution < 1.29 is 23.5 Å². The smallest absolute Gasteiger partial charge is 0.341 e. The van der Waals surface area contributed by atoms with E-state index in [1.165, 1.54) is 31.4 Å². The number of benzene rings is 2. The molecule has 0 radical (unpaired) electrons. The number of halogens is 2. The fourth-order valence-corrected chi connectivity index (χ4v) is 2.64. The molecule has 0 saturated carbocycles. The van der Waals surface area contributed by atoms with Gasteiger partial charge in [-0.15, -0.1) is 0 Å². The van der Waals surface area contributed by atoms with Gasteiger partial charge in [-0.1, -0.05) is 24.9 Å². The maximum Gasteiger partial charge on any atom is 0.341 e. The molecule has 28 heavy (non-hydrogen) atoms. The number of amides is 2. The summed E-state index contributed by atoms with van der Waals surface area (Å²) in [5.74, 6) is -0.670. The van der Waals surface area contributed by atoms with Crippen LogP contribution in [0.3, 0.4) is 0 Å². The number of hydrogen-bond donors (Lipinski definition) is 2. The monoisotopic (exact) mass is 408 g/mol. The number of anilines is 1. The predicted molar refractivity (Wildman–Crippen MR) is 105 cm³/mol. The predicted octanol–water partition coefficient (Wildman–Crippen LogP) is 4.77. The van der Waals surface area contributed by atoms with Crippen molar-refractivity contribution in [2.45, 2.75) is 26.3 Å². The lowest BCUT2D eigenvalue weighted by Crippen LogP contribution is -2.28. The molecule has 0 fully saturated rings. The molecule has 2 N–H and O–H groups in total. The zero-order chi connectivity index (χ0) is 20.5. The van der Waals surface area contributed by atoms with Crippen LogP contribution in [0.25, 0.3) is 0 Å². The summed E-state index contributed by atoms with van der Waals surface area (Å²) in [4.78, 5) is 24.2. The van der Waals surface area contributed by atoms with Gasteiger partial charge in [0.15, 0.2) is 0 Å². The van der Waals surface area contributed by atoms with E-state index < -0.39 is 17.8 Å². The Hall–Kier alpha value is -2.80. The second-order valence-electron chi connectivity index (χ2n) is 5.99. The first kappa shape index (κ1) is 21.5. The minimum Gasteiger partial charge on any atom is -0.496 e. The first-order chi connectivity index (χ1) is 13.4. The number of methoxy groups -OCH3 is 1. The number of nitrogens with one attached hydrogen (secondary N) is 2. The molecule has 2 aromatic carbocycles. The third kappa shape index (κ3) is 6.42. The van der Waals surface area contributed by atoms with Gasteiger partial charge in [-0.05, 0) is 42.3 Å². The normalized spacial score (nSPS) is 10.3. The Kier molecular flexibility index (Phi) is 8.07. The van der Waals surface area contributed by atoms with Crippen molar-refractivity contribution in [2.75, 3.05) is 19.0 Å². The number of ether oxygens (including phenoxy) is 2. The van der Waals surface area contributed by atoms with Crippen molar-refractivity contribution in [2.24, 2.45) is 0 Å². The molecule has 0 aliphatic carbocycles. The molecule has 0 saturated heterocycles. The topological polar surface area (TPSA) is 76.7 Å². The minimum atomic E-state index is -0.499. The fourth-order valence-electron chi connectivity index (χ4n) is 2.40. The standard InChI is InChI=1S/C20H22ClFN2O4/c1-3-4-7-28-19(25)17-6-5-16(11-18(17)27-2)24-20(26)23-12-13-8-14(21)10-15(22)9-13/h5-6,8-11H,3-4,7,12H2,1-2H3,(H2,23,24,26). The van der Waals surface area contributed by atoms with Crippen LogP contribution in [0.1, 0.15) is 35.7 Å². The van der Waals surface area contributed by atoms with E-state index in [0.717, 1.165) is 12.8 Å². The van der Waals surface area contributed by atoms with Crippen LogP contribution in [-0.4, -0.2) is 25.7 Å². The Morgan fingerprint density at radius 1 is 1.18 bits per heavy atom. The molecule has 0 heterocycles.